The molecule has 0 aromatic heterocycles. The Morgan fingerprint density at radius 1 is 1.75 bits per heavy atom. The number of nitrogens with two attached hydrogens (primary N) is 1. The lowest BCUT2D eigenvalue weighted by Gasteiger charge is -2.13. The molecule has 0 fully saturated rings. The summed E-state index contributed by atoms with van der Waals surface area (Å²) in [7, 11) is 3.85. The molecule has 0 spiro atoms. The first-order chi connectivity index (χ1) is 5.61. The summed E-state index contributed by atoms with van der Waals surface area (Å²) in [4.78, 5) is 0. The fourth-order valence-electron chi connectivity index (χ4n) is 0.789. The average Bonchev–Trinajstić information content (AvgIpc) is 2.04. The van der Waals surface area contributed by atoms with Crippen LogP contribution in [0, 0.1) is 0 Å². The van der Waals surface area contributed by atoms with Crippen molar-refractivity contribution in [2.24, 2.45) is 5.73 Å². The normalized spacial score (nSPS) is 14.9. The Morgan fingerprint density at radius 2 is 2.33 bits per heavy atom. The van der Waals surface area contributed by atoms with Crippen LogP contribution in [0.25, 0.3) is 0 Å². The van der Waals surface area contributed by atoms with Gasteiger partial charge in [0.25, 0.3) is 0 Å². The van der Waals surface area contributed by atoms with Crippen molar-refractivity contribution in [3.63, 3.8) is 0 Å². The fourth-order valence-corrected chi connectivity index (χ4v) is 0.789. The van der Waals surface area contributed by atoms with E-state index in [0.29, 0.717) is 0 Å². The highest BCUT2D eigenvalue weighted by Gasteiger charge is 1.98. The maximum atomic E-state index is 5.70. The molecule has 0 bridgehead atoms. The summed E-state index contributed by atoms with van der Waals surface area (Å²) >= 11 is 0. The predicted molar refractivity (Wildman–Crippen MR) is 53.6 cm³/mol. The van der Waals surface area contributed by atoms with Gasteiger partial charge in [-0.1, -0.05) is 18.7 Å². The van der Waals surface area contributed by atoms with E-state index in [0.717, 1.165) is 12.1 Å². The van der Waals surface area contributed by atoms with Gasteiger partial charge >= 0.3 is 0 Å². The van der Waals surface area contributed by atoms with Gasteiger partial charge < -0.3 is 5.73 Å². The van der Waals surface area contributed by atoms with Gasteiger partial charge in [-0.05, 0) is 19.5 Å². The van der Waals surface area contributed by atoms with Gasteiger partial charge in [0.15, 0.2) is 0 Å². The third kappa shape index (κ3) is 4.28. The monoisotopic (exact) mass is 169 g/mol. The van der Waals surface area contributed by atoms with Crippen LogP contribution in [-0.2, 0) is 0 Å². The van der Waals surface area contributed by atoms with E-state index in [1.807, 2.05) is 26.0 Å². The summed E-state index contributed by atoms with van der Waals surface area (Å²) in [6.45, 7) is 6.48. The highest BCUT2D eigenvalue weighted by atomic mass is 15.5. The smallest absolute Gasteiger partial charge is 0.0314 e. The second-order valence-electron chi connectivity index (χ2n) is 2.80. The molecule has 0 saturated heterocycles. The Bertz CT molecular complexity index is 161. The van der Waals surface area contributed by atoms with Gasteiger partial charge in [0.1, 0.15) is 0 Å². The molecule has 0 amide bonds. The molecule has 0 aromatic carbocycles. The van der Waals surface area contributed by atoms with Gasteiger partial charge in [0.2, 0.25) is 0 Å². The zero-order valence-electron chi connectivity index (χ0n) is 8.17. The number of hydrogen-bond acceptors (Lipinski definition) is 3. The molecule has 3 heteroatoms. The number of likely N-dealkylation sites (N-methyl/N-ethyl adjacent to an activating group) is 1. The van der Waals surface area contributed by atoms with E-state index in [1.54, 1.807) is 6.08 Å². The number of rotatable bonds is 5. The molecule has 70 valence electrons. The fraction of sp³-hybridized carbons (Fsp3) is 0.556. The van der Waals surface area contributed by atoms with Crippen LogP contribution in [-0.4, -0.2) is 31.7 Å². The van der Waals surface area contributed by atoms with Gasteiger partial charge in [-0.15, -0.1) is 0 Å². The minimum Gasteiger partial charge on any atom is -0.324 e. The van der Waals surface area contributed by atoms with Gasteiger partial charge in [-0.25, -0.2) is 5.01 Å². The summed E-state index contributed by atoms with van der Waals surface area (Å²) in [6, 6.07) is 0.0627. The Hall–Kier alpha value is -0.640. The molecular weight excluding hydrogens is 150 g/mol. The van der Waals surface area contributed by atoms with E-state index in [2.05, 4.69) is 18.1 Å². The van der Waals surface area contributed by atoms with Crippen molar-refractivity contribution in [2.45, 2.75) is 13.0 Å². The topological polar surface area (TPSA) is 41.3 Å². The molecule has 0 aliphatic rings. The number of hydrogen-bond donors (Lipinski definition) is 2. The summed E-state index contributed by atoms with van der Waals surface area (Å²) in [6.07, 6.45) is 3.86. The maximum Gasteiger partial charge on any atom is 0.0314 e. The highest BCUT2D eigenvalue weighted by molar-refractivity contribution is 5.21. The van der Waals surface area contributed by atoms with Crippen LogP contribution in [0.3, 0.4) is 0 Å². The first kappa shape index (κ1) is 11.4. The second-order valence-corrected chi connectivity index (χ2v) is 2.80. The first-order valence-corrected chi connectivity index (χ1v) is 4.08. The Kier molecular flexibility index (Phi) is 5.62. The molecule has 0 heterocycles. The van der Waals surface area contributed by atoms with Crippen molar-refractivity contribution in [2.75, 3.05) is 20.6 Å². The van der Waals surface area contributed by atoms with Crippen molar-refractivity contribution >= 4 is 0 Å². The first-order valence-electron chi connectivity index (χ1n) is 4.08. The molecule has 1 atom stereocenters. The molecule has 0 aliphatic heterocycles. The highest BCUT2D eigenvalue weighted by Crippen LogP contribution is 1.99. The van der Waals surface area contributed by atoms with E-state index in [9.17, 15) is 0 Å². The van der Waals surface area contributed by atoms with Crippen LogP contribution in [0.2, 0.25) is 0 Å². The minimum atomic E-state index is 0.0627. The molecule has 12 heavy (non-hydrogen) atoms. The van der Waals surface area contributed by atoms with Crippen molar-refractivity contribution in [3.8, 4) is 0 Å². The Morgan fingerprint density at radius 3 is 2.67 bits per heavy atom. The molecular formula is C9H19N3. The third-order valence-corrected chi connectivity index (χ3v) is 1.74. The van der Waals surface area contributed by atoms with Gasteiger partial charge in [0.05, 0.1) is 0 Å². The van der Waals surface area contributed by atoms with Gasteiger partial charge in [-0.3, -0.25) is 5.43 Å². The van der Waals surface area contributed by atoms with Crippen LogP contribution < -0.4 is 11.2 Å². The molecule has 0 aliphatic carbocycles. The van der Waals surface area contributed by atoms with E-state index < -0.39 is 0 Å². The summed E-state index contributed by atoms with van der Waals surface area (Å²) in [5.74, 6) is 0. The van der Waals surface area contributed by atoms with Gasteiger partial charge in [-0.2, -0.15) is 0 Å². The van der Waals surface area contributed by atoms with Crippen LogP contribution in [0.5, 0.6) is 0 Å². The van der Waals surface area contributed by atoms with E-state index in [4.69, 9.17) is 5.73 Å². The van der Waals surface area contributed by atoms with E-state index >= 15 is 0 Å². The number of nitrogens with zero attached hydrogens (tertiary/aromatic N) is 1. The van der Waals surface area contributed by atoms with Crippen LogP contribution in [0.1, 0.15) is 6.92 Å². The largest absolute Gasteiger partial charge is 0.324 e. The van der Waals surface area contributed by atoms with Crippen LogP contribution in [0.15, 0.2) is 24.3 Å². The molecule has 0 saturated carbocycles. The maximum absolute atomic E-state index is 5.70. The SMILES string of the molecule is C=C/C(=C\CN(C)NC)C(C)N. The number of hydrazine groups is 1. The zero-order chi connectivity index (χ0) is 9.56. The van der Waals surface area contributed by atoms with Crippen molar-refractivity contribution in [1.29, 1.82) is 0 Å². The van der Waals surface area contributed by atoms with E-state index in [-0.39, 0.29) is 6.04 Å². The van der Waals surface area contributed by atoms with Crippen molar-refractivity contribution in [1.82, 2.24) is 10.4 Å². The van der Waals surface area contributed by atoms with Crippen LogP contribution >= 0.6 is 0 Å². The Labute approximate surface area is 74.9 Å². The predicted octanol–water partition coefficient (Wildman–Crippen LogP) is 0.512. The van der Waals surface area contributed by atoms with Crippen molar-refractivity contribution in [3.05, 3.63) is 24.3 Å². The lowest BCUT2D eigenvalue weighted by atomic mass is 10.1. The third-order valence-electron chi connectivity index (χ3n) is 1.74. The summed E-state index contributed by atoms with van der Waals surface area (Å²) < 4.78 is 0. The Balaban J connectivity index is 4.02. The molecule has 0 rings (SSSR count). The standard InChI is InChI=1S/C9H19N3/c1-5-9(8(2)10)6-7-12(4)11-3/h5-6,8,11H,1,7,10H2,2-4H3/b9-6+. The lowest BCUT2D eigenvalue weighted by Crippen LogP contribution is -2.31. The lowest BCUT2D eigenvalue weighted by molar-refractivity contribution is 0.289. The van der Waals surface area contributed by atoms with Gasteiger partial charge in [0, 0.05) is 19.6 Å². The zero-order valence-corrected chi connectivity index (χ0v) is 8.17. The molecule has 0 aromatic rings. The average molecular weight is 169 g/mol. The second kappa shape index (κ2) is 5.94. The minimum absolute atomic E-state index is 0.0627. The van der Waals surface area contributed by atoms with E-state index in [1.165, 1.54) is 0 Å². The van der Waals surface area contributed by atoms with Crippen molar-refractivity contribution < 1.29 is 0 Å². The summed E-state index contributed by atoms with van der Waals surface area (Å²) in [5, 5.41) is 1.96. The van der Waals surface area contributed by atoms with Crippen LogP contribution in [0.4, 0.5) is 0 Å². The molecule has 3 N–H and O–H groups in total. The quantitative estimate of drug-likeness (QED) is 0.465. The molecule has 3 nitrogen and oxygen atoms in total. The summed E-state index contributed by atoms with van der Waals surface area (Å²) in [5.41, 5.74) is 9.77. The molecule has 1 unspecified atom stereocenters. The number of nitrogens with one attached hydrogen (secondary N) is 1. The molecule has 0 radical (unpaired) electrons.